The smallest absolute Gasteiger partial charge is 0.335 e. The van der Waals surface area contributed by atoms with Crippen molar-refractivity contribution in [2.75, 3.05) is 12.3 Å². The number of nitrogens with zero attached hydrogens (tertiary/aromatic N) is 2. The lowest BCUT2D eigenvalue weighted by molar-refractivity contribution is 0.0697. The van der Waals surface area contributed by atoms with E-state index in [0.717, 1.165) is 6.07 Å². The standard InChI is InChI=1S/C12H14N4O4S/c13-10-7-9(12(17)18)1-2-11(10)21(19,20)15-4-6-16-5-3-14-8-16/h1-3,5,7-8,15H,4,6,13H2,(H,17,18). The number of aromatic nitrogens is 2. The van der Waals surface area contributed by atoms with E-state index in [9.17, 15) is 13.2 Å². The van der Waals surface area contributed by atoms with Gasteiger partial charge in [-0.2, -0.15) is 0 Å². The Balaban J connectivity index is 2.10. The second-order valence-corrected chi connectivity index (χ2v) is 5.99. The van der Waals surface area contributed by atoms with E-state index < -0.39 is 16.0 Å². The van der Waals surface area contributed by atoms with Crippen LogP contribution >= 0.6 is 0 Å². The quantitative estimate of drug-likeness (QED) is 0.651. The first-order valence-corrected chi connectivity index (χ1v) is 7.47. The zero-order chi connectivity index (χ0) is 15.5. The topological polar surface area (TPSA) is 127 Å². The first-order valence-electron chi connectivity index (χ1n) is 5.98. The van der Waals surface area contributed by atoms with Crippen molar-refractivity contribution in [3.63, 3.8) is 0 Å². The van der Waals surface area contributed by atoms with Gasteiger partial charge in [-0.15, -0.1) is 0 Å². The summed E-state index contributed by atoms with van der Waals surface area (Å²) < 4.78 is 28.3. The molecule has 0 aliphatic heterocycles. The third-order valence-electron chi connectivity index (χ3n) is 2.77. The third kappa shape index (κ3) is 3.58. The molecule has 2 rings (SSSR count). The third-order valence-corrected chi connectivity index (χ3v) is 4.30. The monoisotopic (exact) mass is 310 g/mol. The molecular formula is C12H14N4O4S. The van der Waals surface area contributed by atoms with Crippen LogP contribution in [-0.2, 0) is 16.6 Å². The van der Waals surface area contributed by atoms with Crippen LogP contribution < -0.4 is 10.5 Å². The minimum atomic E-state index is -3.79. The molecule has 0 amide bonds. The Hall–Kier alpha value is -2.39. The Morgan fingerprint density at radius 1 is 1.43 bits per heavy atom. The Morgan fingerprint density at radius 3 is 2.76 bits per heavy atom. The molecule has 0 spiro atoms. The van der Waals surface area contributed by atoms with Gasteiger partial charge in [-0.05, 0) is 18.2 Å². The highest BCUT2D eigenvalue weighted by molar-refractivity contribution is 7.89. The van der Waals surface area contributed by atoms with Crippen molar-refractivity contribution in [3.8, 4) is 0 Å². The van der Waals surface area contributed by atoms with Crippen molar-refractivity contribution >= 4 is 21.7 Å². The number of rotatable bonds is 6. The zero-order valence-corrected chi connectivity index (χ0v) is 11.7. The number of carboxylic acid groups (broad SMARTS) is 1. The molecule has 112 valence electrons. The maximum atomic E-state index is 12.1. The predicted octanol–water partition coefficient (Wildman–Crippen LogP) is 0.142. The molecule has 0 fully saturated rings. The molecule has 0 unspecified atom stereocenters. The van der Waals surface area contributed by atoms with Gasteiger partial charge in [0.1, 0.15) is 4.90 Å². The number of carboxylic acids is 1. The van der Waals surface area contributed by atoms with E-state index in [1.165, 1.54) is 12.1 Å². The van der Waals surface area contributed by atoms with E-state index in [4.69, 9.17) is 10.8 Å². The highest BCUT2D eigenvalue weighted by atomic mass is 32.2. The van der Waals surface area contributed by atoms with Crippen molar-refractivity contribution in [1.82, 2.24) is 14.3 Å². The minimum Gasteiger partial charge on any atom is -0.478 e. The first kappa shape index (κ1) is 15.0. The molecule has 4 N–H and O–H groups in total. The molecule has 0 aliphatic carbocycles. The molecule has 8 nitrogen and oxygen atoms in total. The molecule has 1 aromatic heterocycles. The van der Waals surface area contributed by atoms with Crippen LogP contribution in [0.1, 0.15) is 10.4 Å². The molecule has 1 aromatic carbocycles. The maximum Gasteiger partial charge on any atom is 0.335 e. The molecule has 0 saturated carbocycles. The van der Waals surface area contributed by atoms with Gasteiger partial charge >= 0.3 is 5.97 Å². The molecule has 0 radical (unpaired) electrons. The lowest BCUT2D eigenvalue weighted by atomic mass is 10.2. The second kappa shape index (κ2) is 5.94. The van der Waals surface area contributed by atoms with Crippen molar-refractivity contribution in [2.24, 2.45) is 0 Å². The average Bonchev–Trinajstić information content (AvgIpc) is 2.91. The Kier molecular flexibility index (Phi) is 4.24. The SMILES string of the molecule is Nc1cc(C(=O)O)ccc1S(=O)(=O)NCCn1ccnc1. The fourth-order valence-corrected chi connectivity index (χ4v) is 2.86. The predicted molar refractivity (Wildman–Crippen MR) is 75.2 cm³/mol. The lowest BCUT2D eigenvalue weighted by Gasteiger charge is -2.10. The summed E-state index contributed by atoms with van der Waals surface area (Å²) in [5.41, 5.74) is 5.44. The molecule has 21 heavy (non-hydrogen) atoms. The summed E-state index contributed by atoms with van der Waals surface area (Å²) in [6.45, 7) is 0.588. The molecule has 0 saturated heterocycles. The van der Waals surface area contributed by atoms with E-state index in [1.807, 2.05) is 0 Å². The van der Waals surface area contributed by atoms with E-state index in [-0.39, 0.29) is 22.7 Å². The number of hydrogen-bond donors (Lipinski definition) is 3. The number of nitrogens with two attached hydrogens (primary N) is 1. The van der Waals surface area contributed by atoms with Crippen LogP contribution in [0, 0.1) is 0 Å². The summed E-state index contributed by atoms with van der Waals surface area (Å²) in [6.07, 6.45) is 4.88. The largest absolute Gasteiger partial charge is 0.478 e. The minimum absolute atomic E-state index is 0.0649. The van der Waals surface area contributed by atoms with Crippen molar-refractivity contribution in [1.29, 1.82) is 0 Å². The lowest BCUT2D eigenvalue weighted by Crippen LogP contribution is -2.28. The van der Waals surface area contributed by atoms with Crippen LogP contribution in [0.2, 0.25) is 0 Å². The number of benzene rings is 1. The van der Waals surface area contributed by atoms with Crippen LogP contribution in [0.5, 0.6) is 0 Å². The Morgan fingerprint density at radius 2 is 2.19 bits per heavy atom. The summed E-state index contributed by atoms with van der Waals surface area (Å²) in [5.74, 6) is -1.17. The molecule has 2 aromatic rings. The molecule has 0 aliphatic rings. The van der Waals surface area contributed by atoms with Crippen molar-refractivity contribution in [2.45, 2.75) is 11.4 Å². The number of hydrogen-bond acceptors (Lipinski definition) is 5. The van der Waals surface area contributed by atoms with Gasteiger partial charge in [-0.1, -0.05) is 0 Å². The summed E-state index contributed by atoms with van der Waals surface area (Å²) >= 11 is 0. The second-order valence-electron chi connectivity index (χ2n) is 4.26. The van der Waals surface area contributed by atoms with Crippen LogP contribution in [0.3, 0.4) is 0 Å². The normalized spacial score (nSPS) is 11.4. The summed E-state index contributed by atoms with van der Waals surface area (Å²) in [6, 6.07) is 3.49. The molecular weight excluding hydrogens is 296 g/mol. The fourth-order valence-electron chi connectivity index (χ4n) is 1.73. The number of carbonyl (C=O) groups is 1. The summed E-state index contributed by atoms with van der Waals surface area (Å²) in [7, 11) is -3.79. The first-order chi connectivity index (χ1) is 9.90. The van der Waals surface area contributed by atoms with Gasteiger partial charge in [0.15, 0.2) is 0 Å². The van der Waals surface area contributed by atoms with Crippen molar-refractivity contribution in [3.05, 3.63) is 42.5 Å². The van der Waals surface area contributed by atoms with Crippen LogP contribution in [0.15, 0.2) is 41.8 Å². The fraction of sp³-hybridized carbons (Fsp3) is 0.167. The number of aromatic carboxylic acids is 1. The van der Waals surface area contributed by atoms with E-state index in [0.29, 0.717) is 6.54 Å². The molecule has 0 bridgehead atoms. The number of nitrogens with one attached hydrogen (secondary N) is 1. The maximum absolute atomic E-state index is 12.1. The van der Waals surface area contributed by atoms with Gasteiger partial charge in [-0.25, -0.2) is 22.9 Å². The van der Waals surface area contributed by atoms with Crippen LogP contribution in [-0.4, -0.2) is 35.6 Å². The number of anilines is 1. The number of sulfonamides is 1. The highest BCUT2D eigenvalue weighted by Gasteiger charge is 2.18. The molecule has 1 heterocycles. The molecule has 9 heteroatoms. The zero-order valence-electron chi connectivity index (χ0n) is 10.9. The van der Waals surface area contributed by atoms with Gasteiger partial charge in [0.05, 0.1) is 17.6 Å². The number of nitrogen functional groups attached to an aromatic ring is 1. The average molecular weight is 310 g/mol. The highest BCUT2D eigenvalue weighted by Crippen LogP contribution is 2.19. The van der Waals surface area contributed by atoms with Crippen LogP contribution in [0.25, 0.3) is 0 Å². The van der Waals surface area contributed by atoms with Gasteiger partial charge in [0.25, 0.3) is 0 Å². The van der Waals surface area contributed by atoms with E-state index in [2.05, 4.69) is 9.71 Å². The molecule has 0 atom stereocenters. The van der Waals surface area contributed by atoms with Gasteiger partial charge in [0, 0.05) is 25.5 Å². The van der Waals surface area contributed by atoms with Gasteiger partial charge in [-0.3, -0.25) is 0 Å². The van der Waals surface area contributed by atoms with Gasteiger partial charge in [0.2, 0.25) is 10.0 Å². The number of imidazole rings is 1. The van der Waals surface area contributed by atoms with Crippen molar-refractivity contribution < 1.29 is 18.3 Å². The van der Waals surface area contributed by atoms with Crippen LogP contribution in [0.4, 0.5) is 5.69 Å². The Bertz CT molecular complexity index is 741. The summed E-state index contributed by atoms with van der Waals surface area (Å²) in [5, 5.41) is 8.82. The van der Waals surface area contributed by atoms with E-state index in [1.54, 1.807) is 23.3 Å². The summed E-state index contributed by atoms with van der Waals surface area (Å²) in [4.78, 5) is 14.5. The van der Waals surface area contributed by atoms with E-state index >= 15 is 0 Å². The van der Waals surface area contributed by atoms with Gasteiger partial charge < -0.3 is 15.4 Å². The Labute approximate surface area is 121 Å².